The second kappa shape index (κ2) is 5.29. The van der Waals surface area contributed by atoms with Crippen molar-refractivity contribution in [3.05, 3.63) is 33.6 Å². The maximum absolute atomic E-state index is 13.6. The van der Waals surface area contributed by atoms with E-state index in [1.165, 1.54) is 6.07 Å². The number of pyridine rings is 1. The molecule has 1 aromatic heterocycles. The van der Waals surface area contributed by atoms with Crippen LogP contribution < -0.4 is 5.32 Å². The average Bonchev–Trinajstić information content (AvgIpc) is 2.36. The molecule has 0 atom stereocenters. The summed E-state index contributed by atoms with van der Waals surface area (Å²) in [7, 11) is 0. The Morgan fingerprint density at radius 1 is 1.28 bits per heavy atom. The zero-order chi connectivity index (χ0) is 13.3. The fourth-order valence-corrected chi connectivity index (χ4v) is 2.35. The zero-order valence-electron chi connectivity index (χ0n) is 10.2. The number of benzene rings is 1. The number of aromatic nitrogens is 1. The molecule has 5 heteroatoms. The molecule has 0 aliphatic carbocycles. The van der Waals surface area contributed by atoms with Crippen LogP contribution in [0.15, 0.2) is 12.1 Å². The summed E-state index contributed by atoms with van der Waals surface area (Å²) in [5.41, 5.74) is 1.60. The summed E-state index contributed by atoms with van der Waals surface area (Å²) in [4.78, 5) is 4.45. The standard InChI is InChI=1S/C13H13Cl2FN2/c1-3-7-5-8-10(18-13(7)17-4-2)6-9(14)12(16)11(8)15/h5-6H,3-4H2,1-2H3,(H,17,18). The Balaban J connectivity index is 2.75. The summed E-state index contributed by atoms with van der Waals surface area (Å²) in [5.74, 6) is 0.206. The molecule has 0 fully saturated rings. The van der Waals surface area contributed by atoms with Gasteiger partial charge in [-0.25, -0.2) is 9.37 Å². The van der Waals surface area contributed by atoms with Gasteiger partial charge in [-0.1, -0.05) is 30.1 Å². The van der Waals surface area contributed by atoms with Crippen molar-refractivity contribution in [1.82, 2.24) is 4.98 Å². The molecule has 0 aliphatic heterocycles. The van der Waals surface area contributed by atoms with Gasteiger partial charge in [-0.05, 0) is 31.0 Å². The lowest BCUT2D eigenvalue weighted by molar-refractivity contribution is 0.630. The first-order valence-electron chi connectivity index (χ1n) is 5.79. The number of nitrogens with zero attached hydrogens (tertiary/aromatic N) is 1. The molecule has 0 amide bonds. The summed E-state index contributed by atoms with van der Waals surface area (Å²) in [6.45, 7) is 4.79. The van der Waals surface area contributed by atoms with Crippen LogP contribution in [0.5, 0.6) is 0 Å². The molecule has 18 heavy (non-hydrogen) atoms. The highest BCUT2D eigenvalue weighted by molar-refractivity contribution is 6.38. The number of anilines is 1. The van der Waals surface area contributed by atoms with Gasteiger partial charge in [0.25, 0.3) is 0 Å². The quantitative estimate of drug-likeness (QED) is 0.829. The number of hydrogen-bond donors (Lipinski definition) is 1. The van der Waals surface area contributed by atoms with Crippen molar-refractivity contribution in [2.75, 3.05) is 11.9 Å². The van der Waals surface area contributed by atoms with Crippen molar-refractivity contribution >= 4 is 39.9 Å². The second-order valence-electron chi connectivity index (χ2n) is 3.93. The van der Waals surface area contributed by atoms with Crippen LogP contribution in [-0.4, -0.2) is 11.5 Å². The van der Waals surface area contributed by atoms with Crippen molar-refractivity contribution in [3.63, 3.8) is 0 Å². The fourth-order valence-electron chi connectivity index (χ4n) is 1.85. The van der Waals surface area contributed by atoms with E-state index in [0.29, 0.717) is 10.9 Å². The molecule has 0 spiro atoms. The molecule has 2 nitrogen and oxygen atoms in total. The van der Waals surface area contributed by atoms with Gasteiger partial charge in [-0.2, -0.15) is 0 Å². The average molecular weight is 287 g/mol. The first kappa shape index (κ1) is 13.4. The molecule has 2 rings (SSSR count). The van der Waals surface area contributed by atoms with Gasteiger partial charge >= 0.3 is 0 Å². The topological polar surface area (TPSA) is 24.9 Å². The number of fused-ring (bicyclic) bond motifs is 1. The van der Waals surface area contributed by atoms with E-state index in [1.807, 2.05) is 19.9 Å². The number of rotatable bonds is 3. The number of hydrogen-bond acceptors (Lipinski definition) is 2. The second-order valence-corrected chi connectivity index (χ2v) is 4.72. The van der Waals surface area contributed by atoms with Gasteiger partial charge in [-0.15, -0.1) is 0 Å². The Bertz CT molecular complexity index is 599. The van der Waals surface area contributed by atoms with Crippen molar-refractivity contribution in [2.45, 2.75) is 20.3 Å². The fraction of sp³-hybridized carbons (Fsp3) is 0.308. The lowest BCUT2D eigenvalue weighted by Gasteiger charge is -2.11. The predicted molar refractivity (Wildman–Crippen MR) is 75.3 cm³/mol. The Labute approximate surface area is 115 Å². The van der Waals surface area contributed by atoms with Crippen LogP contribution in [0.25, 0.3) is 10.9 Å². The summed E-state index contributed by atoms with van der Waals surface area (Å²) in [6.07, 6.45) is 0.797. The Kier molecular flexibility index (Phi) is 3.93. The highest BCUT2D eigenvalue weighted by Crippen LogP contribution is 2.33. The van der Waals surface area contributed by atoms with E-state index in [1.54, 1.807) is 0 Å². The molecule has 96 valence electrons. The molecule has 0 saturated carbocycles. The normalized spacial score (nSPS) is 10.9. The lowest BCUT2D eigenvalue weighted by Crippen LogP contribution is -2.03. The van der Waals surface area contributed by atoms with Crippen molar-refractivity contribution in [1.29, 1.82) is 0 Å². The van der Waals surface area contributed by atoms with Crippen molar-refractivity contribution < 1.29 is 4.39 Å². The summed E-state index contributed by atoms with van der Waals surface area (Å²) in [6, 6.07) is 3.36. The van der Waals surface area contributed by atoms with Gasteiger partial charge in [-0.3, -0.25) is 0 Å². The van der Waals surface area contributed by atoms with E-state index in [4.69, 9.17) is 23.2 Å². The largest absolute Gasteiger partial charge is 0.370 e. The third-order valence-corrected chi connectivity index (χ3v) is 3.40. The van der Waals surface area contributed by atoms with Crippen LogP contribution in [0.3, 0.4) is 0 Å². The van der Waals surface area contributed by atoms with E-state index >= 15 is 0 Å². The lowest BCUT2D eigenvalue weighted by atomic mass is 10.1. The Hall–Kier alpha value is -1.06. The minimum atomic E-state index is -0.592. The van der Waals surface area contributed by atoms with Crippen LogP contribution in [-0.2, 0) is 6.42 Å². The van der Waals surface area contributed by atoms with Crippen molar-refractivity contribution in [2.24, 2.45) is 0 Å². The molecule has 2 aromatic rings. The molecular formula is C13H13Cl2FN2. The van der Waals surface area contributed by atoms with Gasteiger partial charge < -0.3 is 5.32 Å². The molecule has 0 radical (unpaired) electrons. The van der Waals surface area contributed by atoms with E-state index in [9.17, 15) is 4.39 Å². The van der Waals surface area contributed by atoms with E-state index < -0.39 is 5.82 Å². The maximum Gasteiger partial charge on any atom is 0.161 e. The highest BCUT2D eigenvalue weighted by atomic mass is 35.5. The molecule has 1 heterocycles. The Morgan fingerprint density at radius 3 is 2.61 bits per heavy atom. The highest BCUT2D eigenvalue weighted by Gasteiger charge is 2.13. The number of aryl methyl sites for hydroxylation is 1. The SMILES string of the molecule is CCNc1nc2cc(Cl)c(F)c(Cl)c2cc1CC. The molecular weight excluding hydrogens is 274 g/mol. The molecule has 1 N–H and O–H groups in total. The molecule has 0 bridgehead atoms. The molecule has 0 saturated heterocycles. The van der Waals surface area contributed by atoms with Gasteiger partial charge in [0, 0.05) is 11.9 Å². The number of nitrogens with one attached hydrogen (secondary N) is 1. The van der Waals surface area contributed by atoms with Crippen LogP contribution in [0.4, 0.5) is 10.2 Å². The van der Waals surface area contributed by atoms with E-state index in [2.05, 4.69) is 10.3 Å². The minimum absolute atomic E-state index is 0.00769. The van der Waals surface area contributed by atoms with Gasteiger partial charge in [0.05, 0.1) is 15.6 Å². The Morgan fingerprint density at radius 2 is 2.00 bits per heavy atom. The summed E-state index contributed by atoms with van der Waals surface area (Å²) < 4.78 is 13.6. The predicted octanol–water partition coefficient (Wildman–Crippen LogP) is 4.67. The first-order valence-corrected chi connectivity index (χ1v) is 6.55. The smallest absolute Gasteiger partial charge is 0.161 e. The van der Waals surface area contributed by atoms with E-state index in [-0.39, 0.29) is 10.0 Å². The monoisotopic (exact) mass is 286 g/mol. The molecule has 0 aliphatic rings. The first-order chi connectivity index (χ1) is 8.58. The van der Waals surface area contributed by atoms with Crippen LogP contribution in [0, 0.1) is 5.82 Å². The van der Waals surface area contributed by atoms with Gasteiger partial charge in [0.2, 0.25) is 0 Å². The molecule has 1 aromatic carbocycles. The summed E-state index contributed by atoms with van der Waals surface area (Å²) >= 11 is 11.7. The zero-order valence-corrected chi connectivity index (χ0v) is 11.7. The number of halogens is 3. The van der Waals surface area contributed by atoms with Crippen molar-refractivity contribution in [3.8, 4) is 0 Å². The van der Waals surface area contributed by atoms with Gasteiger partial charge in [0.15, 0.2) is 5.82 Å². The maximum atomic E-state index is 13.6. The third-order valence-electron chi connectivity index (χ3n) is 2.76. The van der Waals surface area contributed by atoms with Gasteiger partial charge in [0.1, 0.15) is 5.82 Å². The van der Waals surface area contributed by atoms with E-state index in [0.717, 1.165) is 24.3 Å². The van der Waals surface area contributed by atoms with Crippen LogP contribution in [0.1, 0.15) is 19.4 Å². The molecule has 0 unspecified atom stereocenters. The minimum Gasteiger partial charge on any atom is -0.370 e. The van der Waals surface area contributed by atoms with Crippen LogP contribution in [0.2, 0.25) is 10.0 Å². The van der Waals surface area contributed by atoms with Crippen LogP contribution >= 0.6 is 23.2 Å². The third kappa shape index (κ3) is 2.25. The summed E-state index contributed by atoms with van der Waals surface area (Å²) in [5, 5.41) is 3.80.